The van der Waals surface area contributed by atoms with Gasteiger partial charge in [0.25, 0.3) is 0 Å². The number of hydrogen-bond donors (Lipinski definition) is 3. The zero-order valence-corrected chi connectivity index (χ0v) is 12.8. The normalized spacial score (nSPS) is 10.9. The summed E-state index contributed by atoms with van der Waals surface area (Å²) in [6.45, 7) is 1.02. The Morgan fingerprint density at radius 1 is 1.26 bits per heavy atom. The minimum atomic E-state index is -0.916. The van der Waals surface area contributed by atoms with Gasteiger partial charge in [0.1, 0.15) is 5.82 Å². The highest BCUT2D eigenvalue weighted by atomic mass is 16.4. The fraction of sp³-hybridized carbons (Fsp3) is 0.176. The van der Waals surface area contributed by atoms with E-state index < -0.39 is 5.97 Å². The Bertz CT molecular complexity index is 853. The van der Waals surface area contributed by atoms with E-state index in [1.54, 1.807) is 12.1 Å². The van der Waals surface area contributed by atoms with Gasteiger partial charge in [0.05, 0.1) is 23.1 Å². The maximum Gasteiger partial charge on any atom is 0.335 e. The van der Waals surface area contributed by atoms with E-state index >= 15 is 0 Å². The van der Waals surface area contributed by atoms with Gasteiger partial charge in [-0.25, -0.2) is 9.78 Å². The maximum atomic E-state index is 10.8. The van der Waals surface area contributed by atoms with E-state index in [9.17, 15) is 4.79 Å². The molecular formula is C17H18N4O2. The van der Waals surface area contributed by atoms with E-state index in [4.69, 9.17) is 10.8 Å². The minimum Gasteiger partial charge on any atom is -0.478 e. The Kier molecular flexibility index (Phi) is 3.99. The topological polar surface area (TPSA) is 93.2 Å². The van der Waals surface area contributed by atoms with Gasteiger partial charge < -0.3 is 20.7 Å². The largest absolute Gasteiger partial charge is 0.478 e. The van der Waals surface area contributed by atoms with Crippen molar-refractivity contribution in [1.82, 2.24) is 9.55 Å². The number of anilines is 1. The number of benzene rings is 2. The first-order valence-corrected chi connectivity index (χ1v) is 7.30. The molecule has 6 nitrogen and oxygen atoms in total. The number of carboxylic acids is 1. The third-order valence-corrected chi connectivity index (χ3v) is 3.85. The predicted octanol–water partition coefficient (Wildman–Crippen LogP) is 2.34. The average Bonchev–Trinajstić information content (AvgIpc) is 2.89. The molecule has 0 radical (unpaired) electrons. The molecule has 0 unspecified atom stereocenters. The van der Waals surface area contributed by atoms with Crippen LogP contribution >= 0.6 is 0 Å². The zero-order chi connectivity index (χ0) is 16.4. The van der Waals surface area contributed by atoms with Gasteiger partial charge >= 0.3 is 5.97 Å². The van der Waals surface area contributed by atoms with E-state index in [1.807, 2.05) is 41.9 Å². The second-order valence-corrected chi connectivity index (χ2v) is 5.35. The van der Waals surface area contributed by atoms with Gasteiger partial charge in [0, 0.05) is 19.3 Å². The molecule has 6 heteroatoms. The molecule has 3 rings (SSSR count). The van der Waals surface area contributed by atoms with Gasteiger partial charge in [-0.05, 0) is 35.9 Å². The molecule has 0 aliphatic rings. The van der Waals surface area contributed by atoms with E-state index in [-0.39, 0.29) is 5.56 Å². The van der Waals surface area contributed by atoms with E-state index in [1.165, 1.54) is 0 Å². The van der Waals surface area contributed by atoms with Gasteiger partial charge in [-0.3, -0.25) is 0 Å². The first kappa shape index (κ1) is 15.1. The van der Waals surface area contributed by atoms with Gasteiger partial charge in [0.2, 0.25) is 0 Å². The molecule has 23 heavy (non-hydrogen) atoms. The molecule has 0 atom stereocenters. The maximum absolute atomic E-state index is 10.8. The van der Waals surface area contributed by atoms with Crippen LogP contribution in [-0.2, 0) is 20.1 Å². The summed E-state index contributed by atoms with van der Waals surface area (Å²) in [6.07, 6.45) is 0. The Balaban J connectivity index is 1.75. The van der Waals surface area contributed by atoms with Gasteiger partial charge in [-0.15, -0.1) is 0 Å². The van der Waals surface area contributed by atoms with Crippen LogP contribution < -0.4 is 11.1 Å². The van der Waals surface area contributed by atoms with Crippen LogP contribution in [0.15, 0.2) is 42.5 Å². The molecule has 0 fully saturated rings. The number of rotatable bonds is 5. The van der Waals surface area contributed by atoms with E-state index in [0.29, 0.717) is 13.1 Å². The quantitative estimate of drug-likeness (QED) is 0.672. The van der Waals surface area contributed by atoms with Crippen LogP contribution in [0.2, 0.25) is 0 Å². The van der Waals surface area contributed by atoms with Crippen molar-refractivity contribution in [3.8, 4) is 0 Å². The van der Waals surface area contributed by atoms with Gasteiger partial charge in [-0.1, -0.05) is 12.1 Å². The van der Waals surface area contributed by atoms with Crippen molar-refractivity contribution in [2.75, 3.05) is 5.32 Å². The van der Waals surface area contributed by atoms with Crippen LogP contribution in [0.3, 0.4) is 0 Å². The Labute approximate surface area is 133 Å². The standard InChI is InChI=1S/C17H18N4O2/c1-21-15-7-6-13(8-14(15)20-16(21)9-18)19-10-11-2-4-12(5-3-11)17(22)23/h2-8,19H,9-10,18H2,1H3,(H,22,23). The first-order chi connectivity index (χ1) is 11.1. The van der Waals surface area contributed by atoms with Crippen molar-refractivity contribution >= 4 is 22.7 Å². The lowest BCUT2D eigenvalue weighted by molar-refractivity contribution is 0.0697. The number of carbonyl (C=O) groups is 1. The van der Waals surface area contributed by atoms with Crippen molar-refractivity contribution in [2.24, 2.45) is 12.8 Å². The zero-order valence-electron chi connectivity index (χ0n) is 12.8. The Morgan fingerprint density at radius 2 is 2.00 bits per heavy atom. The summed E-state index contributed by atoms with van der Waals surface area (Å²) in [5, 5.41) is 12.2. The molecule has 0 aliphatic heterocycles. The number of nitrogens with two attached hydrogens (primary N) is 1. The minimum absolute atomic E-state index is 0.290. The number of nitrogens with zero attached hydrogens (tertiary/aromatic N) is 2. The molecule has 0 aliphatic carbocycles. The highest BCUT2D eigenvalue weighted by Gasteiger charge is 2.07. The van der Waals surface area contributed by atoms with E-state index in [2.05, 4.69) is 10.3 Å². The molecule has 2 aromatic carbocycles. The molecule has 0 saturated heterocycles. The molecule has 0 amide bonds. The van der Waals surface area contributed by atoms with Crippen LogP contribution in [0.4, 0.5) is 5.69 Å². The highest BCUT2D eigenvalue weighted by molar-refractivity contribution is 5.87. The van der Waals surface area contributed by atoms with Crippen LogP contribution in [0.25, 0.3) is 11.0 Å². The number of imidazole rings is 1. The summed E-state index contributed by atoms with van der Waals surface area (Å²) in [5.41, 5.74) is 9.89. The summed E-state index contributed by atoms with van der Waals surface area (Å²) >= 11 is 0. The summed E-state index contributed by atoms with van der Waals surface area (Å²) in [4.78, 5) is 15.3. The predicted molar refractivity (Wildman–Crippen MR) is 89.3 cm³/mol. The van der Waals surface area contributed by atoms with Gasteiger partial charge in [0.15, 0.2) is 0 Å². The second kappa shape index (κ2) is 6.10. The molecule has 1 heterocycles. The summed E-state index contributed by atoms with van der Waals surface area (Å²) in [5.74, 6) is -0.0674. The number of carboxylic acid groups (broad SMARTS) is 1. The monoisotopic (exact) mass is 310 g/mol. The van der Waals surface area contributed by atoms with Crippen molar-refractivity contribution < 1.29 is 9.90 Å². The third-order valence-electron chi connectivity index (χ3n) is 3.85. The Morgan fingerprint density at radius 3 is 2.65 bits per heavy atom. The molecule has 118 valence electrons. The van der Waals surface area contributed by atoms with Crippen LogP contribution in [0.5, 0.6) is 0 Å². The smallest absolute Gasteiger partial charge is 0.335 e. The summed E-state index contributed by atoms with van der Waals surface area (Å²) in [7, 11) is 1.95. The Hall–Kier alpha value is -2.86. The molecule has 4 N–H and O–H groups in total. The van der Waals surface area contributed by atoms with Crippen molar-refractivity contribution in [2.45, 2.75) is 13.1 Å². The first-order valence-electron chi connectivity index (χ1n) is 7.30. The second-order valence-electron chi connectivity index (χ2n) is 5.35. The van der Waals surface area contributed by atoms with E-state index in [0.717, 1.165) is 28.1 Å². The molecular weight excluding hydrogens is 292 g/mol. The number of aryl methyl sites for hydroxylation is 1. The fourth-order valence-electron chi connectivity index (χ4n) is 2.51. The molecule has 0 saturated carbocycles. The number of nitrogens with one attached hydrogen (secondary N) is 1. The van der Waals surface area contributed by atoms with Crippen LogP contribution in [-0.4, -0.2) is 20.6 Å². The van der Waals surface area contributed by atoms with Crippen LogP contribution in [0, 0.1) is 0 Å². The van der Waals surface area contributed by atoms with Crippen LogP contribution in [0.1, 0.15) is 21.7 Å². The highest BCUT2D eigenvalue weighted by Crippen LogP contribution is 2.20. The average molecular weight is 310 g/mol. The third kappa shape index (κ3) is 3.02. The van der Waals surface area contributed by atoms with Crippen molar-refractivity contribution in [3.05, 3.63) is 59.4 Å². The van der Waals surface area contributed by atoms with Gasteiger partial charge in [-0.2, -0.15) is 0 Å². The SMILES string of the molecule is Cn1c(CN)nc2cc(NCc3ccc(C(=O)O)cc3)ccc21. The number of hydrogen-bond acceptors (Lipinski definition) is 4. The summed E-state index contributed by atoms with van der Waals surface area (Å²) in [6, 6.07) is 12.8. The fourth-order valence-corrected chi connectivity index (χ4v) is 2.51. The number of aromatic carboxylic acids is 1. The lowest BCUT2D eigenvalue weighted by Crippen LogP contribution is -2.04. The van der Waals surface area contributed by atoms with Crippen molar-refractivity contribution in [3.63, 3.8) is 0 Å². The molecule has 1 aromatic heterocycles. The lowest BCUT2D eigenvalue weighted by atomic mass is 10.1. The summed E-state index contributed by atoms with van der Waals surface area (Å²) < 4.78 is 1.99. The molecule has 0 spiro atoms. The number of aromatic nitrogens is 2. The lowest BCUT2D eigenvalue weighted by Gasteiger charge is -2.07. The molecule has 0 bridgehead atoms. The molecule has 3 aromatic rings. The number of fused-ring (bicyclic) bond motifs is 1. The van der Waals surface area contributed by atoms with Crippen molar-refractivity contribution in [1.29, 1.82) is 0 Å².